The van der Waals surface area contributed by atoms with Gasteiger partial charge in [-0.25, -0.2) is 4.79 Å². The van der Waals surface area contributed by atoms with E-state index < -0.39 is 35.1 Å². The van der Waals surface area contributed by atoms with Crippen LogP contribution < -0.4 is 0 Å². The Labute approximate surface area is 128 Å². The van der Waals surface area contributed by atoms with E-state index in [0.717, 1.165) is 19.3 Å². The maximum Gasteiger partial charge on any atom is 0.333 e. The van der Waals surface area contributed by atoms with Crippen LogP contribution in [0.5, 0.6) is 0 Å². The van der Waals surface area contributed by atoms with E-state index in [2.05, 4.69) is 6.58 Å². The molecule has 0 radical (unpaired) electrons. The van der Waals surface area contributed by atoms with E-state index >= 15 is 0 Å². The highest BCUT2D eigenvalue weighted by Crippen LogP contribution is 2.69. The monoisotopic (exact) mass is 308 g/mol. The molecular formula is C16H20O6. The predicted molar refractivity (Wildman–Crippen MR) is 73.7 cm³/mol. The summed E-state index contributed by atoms with van der Waals surface area (Å²) in [5.41, 5.74) is -1.11. The highest BCUT2D eigenvalue weighted by molar-refractivity contribution is 5.87. The van der Waals surface area contributed by atoms with Gasteiger partial charge in [-0.3, -0.25) is 4.79 Å². The van der Waals surface area contributed by atoms with Crippen molar-refractivity contribution in [2.75, 3.05) is 6.61 Å². The topological polar surface area (TPSA) is 82.1 Å². The second-order valence-electron chi connectivity index (χ2n) is 7.03. The van der Waals surface area contributed by atoms with Crippen LogP contribution in [-0.2, 0) is 23.8 Å². The molecule has 5 fully saturated rings. The summed E-state index contributed by atoms with van der Waals surface area (Å²) >= 11 is 0. The third-order valence-electron chi connectivity index (χ3n) is 6.02. The van der Waals surface area contributed by atoms with Gasteiger partial charge in [-0.05, 0) is 19.8 Å². The van der Waals surface area contributed by atoms with E-state index in [1.807, 2.05) is 0 Å². The van der Waals surface area contributed by atoms with Crippen molar-refractivity contribution >= 4 is 11.9 Å². The Balaban J connectivity index is 1.72. The molecule has 0 amide bonds. The first-order valence-electron chi connectivity index (χ1n) is 7.81. The van der Waals surface area contributed by atoms with E-state index in [0.29, 0.717) is 12.0 Å². The van der Waals surface area contributed by atoms with Crippen LogP contribution in [0.4, 0.5) is 0 Å². The van der Waals surface area contributed by atoms with Crippen LogP contribution in [0, 0.1) is 10.8 Å². The fourth-order valence-electron chi connectivity index (χ4n) is 5.04. The van der Waals surface area contributed by atoms with Gasteiger partial charge in [0, 0.05) is 5.57 Å². The fraction of sp³-hybridized carbons (Fsp3) is 0.750. The molecule has 1 spiro atoms. The molecule has 120 valence electrons. The molecule has 6 heteroatoms. The average molecular weight is 308 g/mol. The Kier molecular flexibility index (Phi) is 2.79. The zero-order chi connectivity index (χ0) is 15.7. The molecule has 6 atom stereocenters. The molecule has 0 aromatic rings. The first kappa shape index (κ1) is 14.2. The maximum absolute atomic E-state index is 12.6. The lowest BCUT2D eigenvalue weighted by Gasteiger charge is -2.57. The van der Waals surface area contributed by atoms with Gasteiger partial charge < -0.3 is 19.3 Å². The fourth-order valence-corrected chi connectivity index (χ4v) is 5.04. The average Bonchev–Trinajstić information content (AvgIpc) is 2.93. The Morgan fingerprint density at radius 1 is 1.41 bits per heavy atom. The summed E-state index contributed by atoms with van der Waals surface area (Å²) < 4.78 is 16.8. The second kappa shape index (κ2) is 4.32. The molecule has 1 aliphatic carbocycles. The van der Waals surface area contributed by atoms with Crippen LogP contribution in [-0.4, -0.2) is 48.1 Å². The van der Waals surface area contributed by atoms with E-state index in [4.69, 9.17) is 14.2 Å². The summed E-state index contributed by atoms with van der Waals surface area (Å²) in [6.45, 7) is 5.30. The number of carbonyl (C=O) groups excluding carboxylic acids is 2. The van der Waals surface area contributed by atoms with E-state index in [-0.39, 0.29) is 18.7 Å². The predicted octanol–water partition coefficient (Wildman–Crippen LogP) is 0.720. The van der Waals surface area contributed by atoms with Crippen molar-refractivity contribution in [2.24, 2.45) is 10.8 Å². The third kappa shape index (κ3) is 1.38. The molecule has 4 heterocycles. The highest BCUT2D eigenvalue weighted by atomic mass is 16.6. The van der Waals surface area contributed by atoms with Gasteiger partial charge in [0.25, 0.3) is 0 Å². The van der Waals surface area contributed by atoms with Gasteiger partial charge in [-0.1, -0.05) is 19.4 Å². The second-order valence-corrected chi connectivity index (χ2v) is 7.03. The summed E-state index contributed by atoms with van der Waals surface area (Å²) in [6, 6.07) is 0. The number of fused-ring (bicyclic) bond motifs is 1. The Hall–Kier alpha value is -1.40. The van der Waals surface area contributed by atoms with Gasteiger partial charge in [-0.15, -0.1) is 0 Å². The van der Waals surface area contributed by atoms with Gasteiger partial charge in [0.2, 0.25) is 0 Å². The van der Waals surface area contributed by atoms with Crippen LogP contribution in [0.3, 0.4) is 0 Å². The Morgan fingerprint density at radius 2 is 2.14 bits per heavy atom. The SMILES string of the molecule is C=C(C)C(=O)OCC12CCCCC13C(=O)OC1C(O)C3OC12. The van der Waals surface area contributed by atoms with Crippen molar-refractivity contribution in [2.45, 2.75) is 57.0 Å². The van der Waals surface area contributed by atoms with Gasteiger partial charge >= 0.3 is 11.9 Å². The van der Waals surface area contributed by atoms with Gasteiger partial charge in [0.15, 0.2) is 6.10 Å². The van der Waals surface area contributed by atoms with Crippen molar-refractivity contribution < 1.29 is 28.9 Å². The van der Waals surface area contributed by atoms with E-state index in [9.17, 15) is 14.7 Å². The van der Waals surface area contributed by atoms with Crippen molar-refractivity contribution in [3.63, 3.8) is 0 Å². The molecule has 6 unspecified atom stereocenters. The van der Waals surface area contributed by atoms with Crippen LogP contribution in [0.1, 0.15) is 32.6 Å². The lowest BCUT2D eigenvalue weighted by molar-refractivity contribution is -0.233. The zero-order valence-electron chi connectivity index (χ0n) is 12.5. The number of rotatable bonds is 3. The van der Waals surface area contributed by atoms with Crippen molar-refractivity contribution in [1.82, 2.24) is 0 Å². The summed E-state index contributed by atoms with van der Waals surface area (Å²) in [6.07, 6.45) is 0.865. The number of carbonyl (C=O) groups is 2. The summed E-state index contributed by atoms with van der Waals surface area (Å²) in [4.78, 5) is 24.4. The Bertz CT molecular complexity index is 571. The number of ether oxygens (including phenoxy) is 3. The normalized spacial score (nSPS) is 48.0. The summed E-state index contributed by atoms with van der Waals surface area (Å²) in [7, 11) is 0. The number of hydrogen-bond acceptors (Lipinski definition) is 6. The van der Waals surface area contributed by atoms with E-state index in [1.54, 1.807) is 6.92 Å². The van der Waals surface area contributed by atoms with Crippen molar-refractivity contribution in [3.05, 3.63) is 12.2 Å². The zero-order valence-corrected chi connectivity index (χ0v) is 12.5. The number of aliphatic hydroxyl groups is 1. The molecule has 22 heavy (non-hydrogen) atoms. The first-order chi connectivity index (χ1) is 10.4. The molecule has 6 nitrogen and oxygen atoms in total. The maximum atomic E-state index is 12.6. The van der Waals surface area contributed by atoms with Crippen LogP contribution in [0.15, 0.2) is 12.2 Å². The minimum absolute atomic E-state index is 0.123. The lowest BCUT2D eigenvalue weighted by atomic mass is 9.48. The molecule has 5 aliphatic rings. The molecule has 0 aromatic carbocycles. The molecule has 4 saturated heterocycles. The minimum atomic E-state index is -0.876. The molecular weight excluding hydrogens is 288 g/mol. The summed E-state index contributed by atoms with van der Waals surface area (Å²) in [5, 5.41) is 10.3. The third-order valence-corrected chi connectivity index (χ3v) is 6.02. The number of hydrogen-bond donors (Lipinski definition) is 1. The highest BCUT2D eigenvalue weighted by Gasteiger charge is 2.83. The molecule has 1 saturated carbocycles. The van der Waals surface area contributed by atoms with Gasteiger partial charge in [0.05, 0.1) is 5.41 Å². The number of aliphatic hydroxyl groups excluding tert-OH is 1. The van der Waals surface area contributed by atoms with Gasteiger partial charge in [-0.2, -0.15) is 0 Å². The number of esters is 2. The lowest BCUT2D eigenvalue weighted by Crippen LogP contribution is -2.72. The molecule has 4 bridgehead atoms. The van der Waals surface area contributed by atoms with Gasteiger partial charge in [0.1, 0.15) is 30.3 Å². The summed E-state index contributed by atoms with van der Waals surface area (Å²) in [5.74, 6) is -0.754. The molecule has 0 aromatic heterocycles. The quantitative estimate of drug-likeness (QED) is 0.611. The standard InChI is InChI=1S/C16H20O6/c1-8(2)13(18)20-7-15-5-3-4-6-16(15)11-9(17)10(12(15)22-11)21-14(16)19/h9-12,17H,1,3-7H2,2H3. The van der Waals surface area contributed by atoms with Crippen molar-refractivity contribution in [3.8, 4) is 0 Å². The molecule has 4 aliphatic heterocycles. The largest absolute Gasteiger partial charge is 0.462 e. The minimum Gasteiger partial charge on any atom is -0.462 e. The molecule has 5 rings (SSSR count). The Morgan fingerprint density at radius 3 is 2.86 bits per heavy atom. The first-order valence-corrected chi connectivity index (χ1v) is 7.81. The van der Waals surface area contributed by atoms with E-state index in [1.165, 1.54) is 0 Å². The van der Waals surface area contributed by atoms with Crippen molar-refractivity contribution in [1.29, 1.82) is 0 Å². The molecule has 1 N–H and O–H groups in total. The van der Waals surface area contributed by atoms with Crippen LogP contribution >= 0.6 is 0 Å². The smallest absolute Gasteiger partial charge is 0.333 e. The van der Waals surface area contributed by atoms with Crippen LogP contribution in [0.2, 0.25) is 0 Å². The van der Waals surface area contributed by atoms with Crippen LogP contribution in [0.25, 0.3) is 0 Å².